The molecule has 2 unspecified atom stereocenters. The van der Waals surface area contributed by atoms with Crippen molar-refractivity contribution in [3.63, 3.8) is 0 Å². The van der Waals surface area contributed by atoms with Crippen molar-refractivity contribution in [1.82, 2.24) is 0 Å². The third kappa shape index (κ3) is 2.21. The zero-order valence-electron chi connectivity index (χ0n) is 7.64. The van der Waals surface area contributed by atoms with E-state index in [1.165, 1.54) is 24.8 Å². The molecule has 0 aromatic rings. The van der Waals surface area contributed by atoms with E-state index in [1.54, 1.807) is 0 Å². The van der Waals surface area contributed by atoms with Crippen molar-refractivity contribution >= 4 is 0 Å². The fourth-order valence-corrected chi connectivity index (χ4v) is 1.91. The highest BCUT2D eigenvalue weighted by molar-refractivity contribution is 5.03. The lowest BCUT2D eigenvalue weighted by atomic mass is 9.99. The van der Waals surface area contributed by atoms with Gasteiger partial charge in [0.25, 0.3) is 0 Å². The predicted molar refractivity (Wildman–Crippen MR) is 50.5 cm³/mol. The molecule has 0 nitrogen and oxygen atoms in total. The molecule has 0 aliphatic heterocycles. The van der Waals surface area contributed by atoms with Gasteiger partial charge in [0.15, 0.2) is 0 Å². The Labute approximate surface area is 70.0 Å². The van der Waals surface area contributed by atoms with Gasteiger partial charge >= 0.3 is 0 Å². The highest BCUT2D eigenvalue weighted by atomic mass is 14.3. The van der Waals surface area contributed by atoms with Gasteiger partial charge in [-0.1, -0.05) is 24.3 Å². The van der Waals surface area contributed by atoms with Gasteiger partial charge in [-0.2, -0.15) is 0 Å². The van der Waals surface area contributed by atoms with Crippen LogP contribution in [0.2, 0.25) is 0 Å². The van der Waals surface area contributed by atoms with Gasteiger partial charge in [0.05, 0.1) is 0 Å². The molecular formula is C11H18. The number of rotatable bonds is 2. The first kappa shape index (κ1) is 8.58. The van der Waals surface area contributed by atoms with Gasteiger partial charge in [-0.25, -0.2) is 0 Å². The molecule has 1 fully saturated rings. The SMILES string of the molecule is C=C(C)C1CCC(C=CC)C1. The molecule has 1 aliphatic rings. The molecule has 0 bridgehead atoms. The smallest absolute Gasteiger partial charge is 0.0203 e. The van der Waals surface area contributed by atoms with Crippen LogP contribution in [0, 0.1) is 11.8 Å². The van der Waals surface area contributed by atoms with Crippen LogP contribution in [-0.2, 0) is 0 Å². The molecular weight excluding hydrogens is 132 g/mol. The standard InChI is InChI=1S/C11H18/c1-4-5-10-6-7-11(8-10)9(2)3/h4-5,10-11H,2,6-8H2,1,3H3. The second-order valence-corrected chi connectivity index (χ2v) is 3.64. The monoisotopic (exact) mass is 150 g/mol. The van der Waals surface area contributed by atoms with E-state index in [2.05, 4.69) is 32.6 Å². The number of allylic oxidation sites excluding steroid dienone is 3. The first-order valence-corrected chi connectivity index (χ1v) is 4.52. The molecule has 0 spiro atoms. The van der Waals surface area contributed by atoms with Crippen molar-refractivity contribution < 1.29 is 0 Å². The van der Waals surface area contributed by atoms with E-state index in [1.807, 2.05) is 0 Å². The summed E-state index contributed by atoms with van der Waals surface area (Å²) in [6.07, 6.45) is 8.56. The van der Waals surface area contributed by atoms with Crippen LogP contribution in [0.1, 0.15) is 33.1 Å². The molecule has 62 valence electrons. The summed E-state index contributed by atoms with van der Waals surface area (Å²) in [5, 5.41) is 0. The van der Waals surface area contributed by atoms with Crippen molar-refractivity contribution in [3.8, 4) is 0 Å². The van der Waals surface area contributed by atoms with Crippen molar-refractivity contribution in [2.75, 3.05) is 0 Å². The highest BCUT2D eigenvalue weighted by Gasteiger charge is 2.22. The lowest BCUT2D eigenvalue weighted by molar-refractivity contribution is 0.612. The molecule has 1 rings (SSSR count). The lowest BCUT2D eigenvalue weighted by Gasteiger charge is -2.07. The summed E-state index contributed by atoms with van der Waals surface area (Å²) >= 11 is 0. The molecule has 0 amide bonds. The molecule has 0 heterocycles. The number of hydrogen-bond donors (Lipinski definition) is 0. The van der Waals surface area contributed by atoms with E-state index in [9.17, 15) is 0 Å². The molecule has 0 aromatic heterocycles. The Morgan fingerprint density at radius 1 is 1.45 bits per heavy atom. The maximum absolute atomic E-state index is 4.01. The molecule has 0 heteroatoms. The summed E-state index contributed by atoms with van der Waals surface area (Å²) in [5.41, 5.74) is 1.37. The number of hydrogen-bond acceptors (Lipinski definition) is 0. The maximum atomic E-state index is 4.01. The van der Waals surface area contributed by atoms with Gasteiger partial charge in [0.1, 0.15) is 0 Å². The van der Waals surface area contributed by atoms with Crippen LogP contribution in [0.4, 0.5) is 0 Å². The van der Waals surface area contributed by atoms with Gasteiger partial charge in [-0.3, -0.25) is 0 Å². The van der Waals surface area contributed by atoms with Crippen LogP contribution >= 0.6 is 0 Å². The van der Waals surface area contributed by atoms with E-state index in [0.717, 1.165) is 11.8 Å². The second kappa shape index (κ2) is 3.75. The summed E-state index contributed by atoms with van der Waals surface area (Å²) < 4.78 is 0. The van der Waals surface area contributed by atoms with E-state index in [-0.39, 0.29) is 0 Å². The lowest BCUT2D eigenvalue weighted by Crippen LogP contribution is -1.94. The van der Waals surface area contributed by atoms with Gasteiger partial charge in [-0.05, 0) is 44.9 Å². The molecule has 0 radical (unpaired) electrons. The minimum Gasteiger partial charge on any atom is -0.0999 e. The minimum atomic E-state index is 0.802. The maximum Gasteiger partial charge on any atom is -0.0203 e. The van der Waals surface area contributed by atoms with Crippen LogP contribution in [0.15, 0.2) is 24.3 Å². The zero-order chi connectivity index (χ0) is 8.27. The molecule has 1 saturated carbocycles. The molecule has 2 atom stereocenters. The third-order valence-electron chi connectivity index (χ3n) is 2.63. The van der Waals surface area contributed by atoms with Gasteiger partial charge < -0.3 is 0 Å². The van der Waals surface area contributed by atoms with Crippen molar-refractivity contribution in [2.24, 2.45) is 11.8 Å². The Balaban J connectivity index is 2.40. The van der Waals surface area contributed by atoms with E-state index < -0.39 is 0 Å². The normalized spacial score (nSPS) is 31.5. The van der Waals surface area contributed by atoms with Crippen LogP contribution in [-0.4, -0.2) is 0 Å². The largest absolute Gasteiger partial charge is 0.0999 e. The van der Waals surface area contributed by atoms with Gasteiger partial charge in [0.2, 0.25) is 0 Å². The predicted octanol–water partition coefficient (Wildman–Crippen LogP) is 3.55. The first-order valence-electron chi connectivity index (χ1n) is 4.52. The van der Waals surface area contributed by atoms with Crippen LogP contribution < -0.4 is 0 Å². The summed E-state index contributed by atoms with van der Waals surface area (Å²) in [4.78, 5) is 0. The van der Waals surface area contributed by atoms with E-state index >= 15 is 0 Å². The summed E-state index contributed by atoms with van der Waals surface area (Å²) in [5.74, 6) is 1.64. The van der Waals surface area contributed by atoms with Crippen molar-refractivity contribution in [3.05, 3.63) is 24.3 Å². The highest BCUT2D eigenvalue weighted by Crippen LogP contribution is 2.35. The van der Waals surface area contributed by atoms with Crippen molar-refractivity contribution in [2.45, 2.75) is 33.1 Å². The Kier molecular flexibility index (Phi) is 2.92. The summed E-state index contributed by atoms with van der Waals surface area (Å²) in [6.45, 7) is 8.27. The Bertz CT molecular complexity index is 165. The van der Waals surface area contributed by atoms with Gasteiger partial charge in [-0.15, -0.1) is 0 Å². The molecule has 0 aromatic carbocycles. The summed E-state index contributed by atoms with van der Waals surface area (Å²) in [6, 6.07) is 0. The fourth-order valence-electron chi connectivity index (χ4n) is 1.91. The van der Waals surface area contributed by atoms with Crippen LogP contribution in [0.25, 0.3) is 0 Å². The molecule has 0 N–H and O–H groups in total. The first-order chi connectivity index (χ1) is 5.24. The van der Waals surface area contributed by atoms with Crippen LogP contribution in [0.5, 0.6) is 0 Å². The van der Waals surface area contributed by atoms with Crippen molar-refractivity contribution in [1.29, 1.82) is 0 Å². The Hall–Kier alpha value is -0.520. The minimum absolute atomic E-state index is 0.802. The Morgan fingerprint density at radius 2 is 2.18 bits per heavy atom. The summed E-state index contributed by atoms with van der Waals surface area (Å²) in [7, 11) is 0. The zero-order valence-corrected chi connectivity index (χ0v) is 7.64. The average molecular weight is 150 g/mol. The van der Waals surface area contributed by atoms with Gasteiger partial charge in [0, 0.05) is 0 Å². The quantitative estimate of drug-likeness (QED) is 0.528. The Morgan fingerprint density at radius 3 is 2.64 bits per heavy atom. The second-order valence-electron chi connectivity index (χ2n) is 3.64. The fraction of sp³-hybridized carbons (Fsp3) is 0.636. The topological polar surface area (TPSA) is 0 Å². The molecule has 1 aliphatic carbocycles. The average Bonchev–Trinajstić information content (AvgIpc) is 2.37. The molecule has 11 heavy (non-hydrogen) atoms. The molecule has 0 saturated heterocycles. The van der Waals surface area contributed by atoms with E-state index in [0.29, 0.717) is 0 Å². The van der Waals surface area contributed by atoms with E-state index in [4.69, 9.17) is 0 Å². The third-order valence-corrected chi connectivity index (χ3v) is 2.63. The van der Waals surface area contributed by atoms with Crippen LogP contribution in [0.3, 0.4) is 0 Å².